The van der Waals surface area contributed by atoms with Crippen molar-refractivity contribution in [3.8, 4) is 5.75 Å². The summed E-state index contributed by atoms with van der Waals surface area (Å²) >= 11 is 1.93. The third-order valence-corrected chi connectivity index (χ3v) is 7.22. The van der Waals surface area contributed by atoms with E-state index in [1.807, 2.05) is 11.8 Å². The van der Waals surface area contributed by atoms with Crippen molar-refractivity contribution < 1.29 is 23.5 Å². The summed E-state index contributed by atoms with van der Waals surface area (Å²) < 4.78 is 26.4. The zero-order valence-corrected chi connectivity index (χ0v) is 16.3. The van der Waals surface area contributed by atoms with Crippen LogP contribution in [0.5, 0.6) is 5.75 Å². The highest BCUT2D eigenvalue weighted by Gasteiger charge is 2.47. The third kappa shape index (κ3) is 2.78. The maximum atomic E-state index is 15.1. The van der Waals surface area contributed by atoms with Gasteiger partial charge in [-0.25, -0.2) is 9.18 Å². The molecule has 3 saturated heterocycles. The fourth-order valence-corrected chi connectivity index (χ4v) is 6.01. The molecule has 4 atom stereocenters. The number of ether oxygens (including phenoxy) is 2. The first-order chi connectivity index (χ1) is 13.5. The minimum atomic E-state index is -0.536. The predicted molar refractivity (Wildman–Crippen MR) is 104 cm³/mol. The molecule has 0 aromatic heterocycles. The van der Waals surface area contributed by atoms with Crippen molar-refractivity contribution in [1.82, 2.24) is 5.32 Å². The van der Waals surface area contributed by atoms with Crippen molar-refractivity contribution in [1.29, 1.82) is 0 Å². The van der Waals surface area contributed by atoms with Gasteiger partial charge in [0.15, 0.2) is 0 Å². The molecule has 7 nitrogen and oxygen atoms in total. The molecule has 1 N–H and O–H groups in total. The molecule has 0 spiro atoms. The first kappa shape index (κ1) is 17.9. The number of fused-ring (bicyclic) bond motifs is 5. The number of anilines is 2. The predicted octanol–water partition coefficient (Wildman–Crippen LogP) is 2.13. The van der Waals surface area contributed by atoms with Crippen LogP contribution in [0.2, 0.25) is 0 Å². The van der Waals surface area contributed by atoms with Gasteiger partial charge in [0.05, 0.1) is 17.9 Å². The largest absolute Gasteiger partial charge is 0.489 e. The number of amides is 2. The highest BCUT2D eigenvalue weighted by atomic mass is 32.2. The van der Waals surface area contributed by atoms with E-state index < -0.39 is 12.2 Å². The van der Waals surface area contributed by atoms with Gasteiger partial charge in [0.2, 0.25) is 5.91 Å². The van der Waals surface area contributed by atoms with Gasteiger partial charge < -0.3 is 19.7 Å². The third-order valence-electron chi connectivity index (χ3n) is 5.98. The Morgan fingerprint density at radius 2 is 2.04 bits per heavy atom. The molecule has 0 saturated carbocycles. The second-order valence-corrected chi connectivity index (χ2v) is 8.78. The van der Waals surface area contributed by atoms with Crippen LogP contribution < -0.4 is 19.9 Å². The fraction of sp³-hybridized carbons (Fsp3) is 0.579. The summed E-state index contributed by atoms with van der Waals surface area (Å²) in [7, 11) is 0. The van der Waals surface area contributed by atoms with Crippen LogP contribution in [0.15, 0.2) is 12.1 Å². The van der Waals surface area contributed by atoms with Gasteiger partial charge in [0, 0.05) is 42.6 Å². The molecule has 2 unspecified atom stereocenters. The number of rotatable bonds is 3. The van der Waals surface area contributed by atoms with Crippen LogP contribution in [0, 0.1) is 5.82 Å². The van der Waals surface area contributed by atoms with Crippen molar-refractivity contribution in [2.45, 2.75) is 44.0 Å². The Kier molecular flexibility index (Phi) is 4.30. The molecule has 2 bridgehead atoms. The lowest BCUT2D eigenvalue weighted by Gasteiger charge is -2.38. The fourth-order valence-electron chi connectivity index (χ4n) is 4.68. The zero-order valence-electron chi connectivity index (χ0n) is 15.5. The molecule has 28 heavy (non-hydrogen) atoms. The van der Waals surface area contributed by atoms with E-state index in [1.165, 1.54) is 17.9 Å². The van der Waals surface area contributed by atoms with Crippen LogP contribution in [0.4, 0.5) is 20.6 Å². The number of carbonyl (C=O) groups excluding carboxylic acids is 2. The number of nitrogens with zero attached hydrogens (tertiary/aromatic N) is 2. The summed E-state index contributed by atoms with van der Waals surface area (Å²) in [6, 6.07) is 3.44. The van der Waals surface area contributed by atoms with Crippen LogP contribution in [0.25, 0.3) is 0 Å². The monoisotopic (exact) mass is 407 g/mol. The molecule has 1 aromatic carbocycles. The van der Waals surface area contributed by atoms with Gasteiger partial charge in [-0.2, -0.15) is 11.8 Å². The second kappa shape index (κ2) is 6.72. The molecule has 0 radical (unpaired) electrons. The average molecular weight is 407 g/mol. The van der Waals surface area contributed by atoms with E-state index >= 15 is 4.39 Å². The number of cyclic esters (lactones) is 1. The van der Waals surface area contributed by atoms with E-state index in [1.54, 1.807) is 6.07 Å². The van der Waals surface area contributed by atoms with Gasteiger partial charge in [0.1, 0.15) is 30.3 Å². The summed E-state index contributed by atoms with van der Waals surface area (Å²) in [4.78, 5) is 27.3. The molecule has 9 heteroatoms. The normalized spacial score (nSPS) is 30.4. The van der Waals surface area contributed by atoms with Gasteiger partial charge in [0.25, 0.3) is 0 Å². The van der Waals surface area contributed by atoms with Crippen molar-refractivity contribution in [3.63, 3.8) is 0 Å². The lowest BCUT2D eigenvalue weighted by molar-refractivity contribution is -0.119. The Morgan fingerprint density at radius 3 is 2.75 bits per heavy atom. The molecular formula is C19H22FN3O4S. The SMILES string of the molecule is CC(=O)NC[C@@H]1OC(=O)N2c3cc(F)c(N4C5CCC4CSC5)cc3OC[C@@H]12. The summed E-state index contributed by atoms with van der Waals surface area (Å²) in [5, 5.41) is 2.66. The van der Waals surface area contributed by atoms with Gasteiger partial charge in [-0.15, -0.1) is 0 Å². The first-order valence-electron chi connectivity index (χ1n) is 9.59. The lowest BCUT2D eigenvalue weighted by Crippen LogP contribution is -2.48. The Hall–Kier alpha value is -2.16. The molecule has 0 aliphatic carbocycles. The van der Waals surface area contributed by atoms with E-state index in [0.717, 1.165) is 24.3 Å². The van der Waals surface area contributed by atoms with Crippen molar-refractivity contribution in [3.05, 3.63) is 17.9 Å². The first-order valence-corrected chi connectivity index (χ1v) is 10.7. The molecule has 4 heterocycles. The van der Waals surface area contributed by atoms with Gasteiger partial charge >= 0.3 is 6.09 Å². The van der Waals surface area contributed by atoms with Gasteiger partial charge in [-0.05, 0) is 12.8 Å². The van der Waals surface area contributed by atoms with Crippen molar-refractivity contribution >= 4 is 35.1 Å². The number of halogens is 1. The van der Waals surface area contributed by atoms with Crippen molar-refractivity contribution in [2.24, 2.45) is 0 Å². The number of thioether (sulfide) groups is 1. The highest BCUT2D eigenvalue weighted by Crippen LogP contribution is 2.45. The summed E-state index contributed by atoms with van der Waals surface area (Å²) in [6.45, 7) is 1.86. The lowest BCUT2D eigenvalue weighted by atomic mass is 10.1. The Balaban J connectivity index is 1.45. The molecule has 3 fully saturated rings. The Bertz CT molecular complexity index is 822. The number of hydrogen-bond acceptors (Lipinski definition) is 6. The van der Waals surface area contributed by atoms with E-state index in [-0.39, 0.29) is 30.9 Å². The van der Waals surface area contributed by atoms with Crippen LogP contribution >= 0.6 is 11.8 Å². The highest BCUT2D eigenvalue weighted by molar-refractivity contribution is 7.99. The summed E-state index contributed by atoms with van der Waals surface area (Å²) in [5.74, 6) is 1.99. The summed E-state index contributed by atoms with van der Waals surface area (Å²) in [6.07, 6.45) is 1.11. The number of benzene rings is 1. The summed E-state index contributed by atoms with van der Waals surface area (Å²) in [5.41, 5.74) is 0.957. The second-order valence-electron chi connectivity index (χ2n) is 7.71. The molecule has 4 aliphatic heterocycles. The maximum absolute atomic E-state index is 15.1. The standard InChI is InChI=1S/C19H22FN3O4S/c1-10(24)21-6-18-16-7-26-17-5-14(22-11-2-3-12(22)9-28-8-11)13(20)4-15(17)23(16)19(25)27-18/h4-5,11-12,16,18H,2-3,6-9H2,1H3,(H,21,24)/t11?,12?,16-,18-/m0/s1. The minimum Gasteiger partial charge on any atom is -0.489 e. The molecule has 5 rings (SSSR count). The van der Waals surface area contributed by atoms with E-state index in [9.17, 15) is 9.59 Å². The number of carbonyl (C=O) groups is 2. The Morgan fingerprint density at radius 1 is 1.29 bits per heavy atom. The topological polar surface area (TPSA) is 71.1 Å². The maximum Gasteiger partial charge on any atom is 0.415 e. The minimum absolute atomic E-state index is 0.198. The molecule has 4 aliphatic rings. The van der Waals surface area contributed by atoms with Crippen LogP contribution in [0.3, 0.4) is 0 Å². The van der Waals surface area contributed by atoms with E-state index in [2.05, 4.69) is 10.2 Å². The molecular weight excluding hydrogens is 385 g/mol. The van der Waals surface area contributed by atoms with Gasteiger partial charge in [-0.3, -0.25) is 9.69 Å². The van der Waals surface area contributed by atoms with E-state index in [4.69, 9.17) is 9.47 Å². The van der Waals surface area contributed by atoms with Crippen LogP contribution in [-0.4, -0.2) is 60.9 Å². The van der Waals surface area contributed by atoms with Crippen LogP contribution in [-0.2, 0) is 9.53 Å². The Labute approximate surface area is 166 Å². The number of nitrogens with one attached hydrogen (secondary N) is 1. The quantitative estimate of drug-likeness (QED) is 0.828. The molecule has 150 valence electrons. The smallest absolute Gasteiger partial charge is 0.415 e. The molecule has 2 amide bonds. The van der Waals surface area contributed by atoms with Crippen molar-refractivity contribution in [2.75, 3.05) is 34.5 Å². The van der Waals surface area contributed by atoms with Gasteiger partial charge in [-0.1, -0.05) is 0 Å². The van der Waals surface area contributed by atoms with E-state index in [0.29, 0.717) is 29.2 Å². The molecule has 1 aromatic rings. The average Bonchev–Trinajstić information content (AvgIpc) is 3.11. The number of hydrogen-bond donors (Lipinski definition) is 1. The van der Waals surface area contributed by atoms with Crippen LogP contribution in [0.1, 0.15) is 19.8 Å². The zero-order chi connectivity index (χ0) is 19.4.